The Kier molecular flexibility index (Phi) is 5.87. The Morgan fingerprint density at radius 1 is 0.815 bits per heavy atom. The van der Waals surface area contributed by atoms with Crippen LogP contribution in [-0.2, 0) is 0 Å². The van der Waals surface area contributed by atoms with Gasteiger partial charge >= 0.3 is 0 Å². The number of halogens is 1. The highest BCUT2D eigenvalue weighted by molar-refractivity contribution is 9.10. The molecule has 2 aromatic heterocycles. The number of carbonyl (C=O) groups is 2. The fraction of sp³-hybridized carbons (Fsp3) is 0.143. The lowest BCUT2D eigenvalue weighted by atomic mass is 10.2. The molecular formula is C21H19BrN2O2S. The molecule has 4 aromatic rings. The summed E-state index contributed by atoms with van der Waals surface area (Å²) in [7, 11) is 0. The second kappa shape index (κ2) is 8.15. The Balaban J connectivity index is 0.000000156. The van der Waals surface area contributed by atoms with Crippen molar-refractivity contribution in [3.8, 4) is 0 Å². The minimum Gasteiger partial charge on any atom is -0.352 e. The summed E-state index contributed by atoms with van der Waals surface area (Å²) in [6.45, 7) is 3.12. The number of aromatic nitrogens is 2. The van der Waals surface area contributed by atoms with Gasteiger partial charge in [-0.05, 0) is 54.8 Å². The predicted octanol–water partition coefficient (Wildman–Crippen LogP) is 6.23. The summed E-state index contributed by atoms with van der Waals surface area (Å²) >= 11 is 5.08. The molecule has 0 fully saturated rings. The molecule has 2 N–H and O–H groups in total. The van der Waals surface area contributed by atoms with Gasteiger partial charge in [0, 0.05) is 45.0 Å². The number of benzene rings is 2. The van der Waals surface area contributed by atoms with E-state index in [2.05, 4.69) is 32.0 Å². The van der Waals surface area contributed by atoms with E-state index < -0.39 is 0 Å². The molecule has 0 aliphatic carbocycles. The van der Waals surface area contributed by atoms with Crippen LogP contribution in [0.5, 0.6) is 0 Å². The van der Waals surface area contributed by atoms with Crippen LogP contribution in [0.25, 0.3) is 21.8 Å². The van der Waals surface area contributed by atoms with Crippen molar-refractivity contribution < 1.29 is 9.59 Å². The van der Waals surface area contributed by atoms with Crippen LogP contribution in [0.15, 0.2) is 57.9 Å². The first-order chi connectivity index (χ1) is 12.9. The summed E-state index contributed by atoms with van der Waals surface area (Å²) < 4.78 is 1.02. The minimum absolute atomic E-state index is 0.0623. The maximum absolute atomic E-state index is 11.1. The summed E-state index contributed by atoms with van der Waals surface area (Å²) in [4.78, 5) is 29.5. The highest BCUT2D eigenvalue weighted by atomic mass is 79.9. The molecule has 0 radical (unpaired) electrons. The maximum Gasteiger partial charge on any atom is 0.175 e. The van der Waals surface area contributed by atoms with Crippen molar-refractivity contribution in [3.63, 3.8) is 0 Å². The zero-order valence-electron chi connectivity index (χ0n) is 15.2. The number of hydrogen-bond donors (Lipinski definition) is 2. The van der Waals surface area contributed by atoms with Crippen molar-refractivity contribution in [3.05, 3.63) is 64.4 Å². The van der Waals surface area contributed by atoms with Crippen LogP contribution in [0.4, 0.5) is 0 Å². The molecule has 27 heavy (non-hydrogen) atoms. The van der Waals surface area contributed by atoms with Gasteiger partial charge in [-0.1, -0.05) is 15.9 Å². The second-order valence-electron chi connectivity index (χ2n) is 6.16. The van der Waals surface area contributed by atoms with Crippen LogP contribution in [0.3, 0.4) is 0 Å². The number of ketones is 2. The van der Waals surface area contributed by atoms with Crippen LogP contribution in [0, 0.1) is 0 Å². The highest BCUT2D eigenvalue weighted by Crippen LogP contribution is 2.23. The van der Waals surface area contributed by atoms with Crippen molar-refractivity contribution in [1.29, 1.82) is 0 Å². The van der Waals surface area contributed by atoms with Crippen LogP contribution in [0.2, 0.25) is 0 Å². The molecule has 0 bridgehead atoms. The van der Waals surface area contributed by atoms with Crippen molar-refractivity contribution >= 4 is 61.1 Å². The van der Waals surface area contributed by atoms with Gasteiger partial charge in [0.05, 0.1) is 11.4 Å². The first-order valence-electron chi connectivity index (χ1n) is 8.34. The van der Waals surface area contributed by atoms with E-state index in [1.807, 2.05) is 48.7 Å². The van der Waals surface area contributed by atoms with Gasteiger partial charge in [-0.2, -0.15) is 0 Å². The van der Waals surface area contributed by atoms with Crippen LogP contribution in [-0.4, -0.2) is 27.8 Å². The van der Waals surface area contributed by atoms with E-state index in [1.165, 1.54) is 4.90 Å². The molecule has 0 aliphatic heterocycles. The zero-order chi connectivity index (χ0) is 19.6. The minimum atomic E-state index is 0.0623. The van der Waals surface area contributed by atoms with Crippen LogP contribution in [0.1, 0.15) is 34.8 Å². The lowest BCUT2D eigenvalue weighted by molar-refractivity contribution is 0.100. The lowest BCUT2D eigenvalue weighted by Gasteiger charge is -1.94. The number of rotatable bonds is 3. The number of Topliss-reactive ketones (excluding diaryl/α,β-unsaturated/α-hetero) is 2. The third-order valence-corrected chi connectivity index (χ3v) is 5.39. The van der Waals surface area contributed by atoms with Crippen molar-refractivity contribution in [2.75, 3.05) is 6.26 Å². The molecule has 0 unspecified atom stereocenters. The Hall–Kier alpha value is -2.31. The van der Waals surface area contributed by atoms with E-state index in [0.29, 0.717) is 11.4 Å². The lowest BCUT2D eigenvalue weighted by Crippen LogP contribution is -1.89. The molecule has 0 spiro atoms. The van der Waals surface area contributed by atoms with E-state index in [-0.39, 0.29) is 11.6 Å². The van der Waals surface area contributed by atoms with Gasteiger partial charge in [-0.15, -0.1) is 11.8 Å². The van der Waals surface area contributed by atoms with Crippen molar-refractivity contribution in [1.82, 2.24) is 9.97 Å². The summed E-state index contributed by atoms with van der Waals surface area (Å²) in [6, 6.07) is 15.8. The largest absolute Gasteiger partial charge is 0.352 e. The Morgan fingerprint density at radius 3 is 1.85 bits per heavy atom. The standard InChI is InChI=1S/C11H11NOS.C10H8BrNO/c1-7(13)11-6-8-5-9(14-2)3-4-10(8)12-11;1-6(13)10-5-7-4-8(11)2-3-9(7)12-10/h3-6,12H,1-2H3;2-5,12H,1H3. The molecular weight excluding hydrogens is 424 g/mol. The van der Waals surface area contributed by atoms with Gasteiger partial charge in [-0.3, -0.25) is 9.59 Å². The molecule has 0 saturated heterocycles. The highest BCUT2D eigenvalue weighted by Gasteiger charge is 2.05. The number of hydrogen-bond acceptors (Lipinski definition) is 3. The number of aromatic amines is 2. The fourth-order valence-corrected chi connectivity index (χ4v) is 3.55. The van der Waals surface area contributed by atoms with Gasteiger partial charge in [0.25, 0.3) is 0 Å². The first-order valence-corrected chi connectivity index (χ1v) is 10.4. The number of H-pyrrole nitrogens is 2. The zero-order valence-corrected chi connectivity index (χ0v) is 17.6. The predicted molar refractivity (Wildman–Crippen MR) is 116 cm³/mol. The van der Waals surface area contributed by atoms with Gasteiger partial charge in [0.15, 0.2) is 11.6 Å². The molecule has 0 amide bonds. The fourth-order valence-electron chi connectivity index (χ4n) is 2.72. The monoisotopic (exact) mass is 442 g/mol. The average Bonchev–Trinajstić information content (AvgIpc) is 3.25. The SMILES string of the molecule is CC(=O)c1cc2cc(Br)ccc2[nH]1.CSc1ccc2[nH]c(C(C)=O)cc2c1. The molecule has 6 heteroatoms. The topological polar surface area (TPSA) is 65.7 Å². The Bertz CT molecular complexity index is 1140. The third kappa shape index (κ3) is 4.51. The third-order valence-electron chi connectivity index (χ3n) is 4.17. The van der Waals surface area contributed by atoms with Crippen molar-refractivity contribution in [2.24, 2.45) is 0 Å². The Labute approximate surface area is 169 Å². The maximum atomic E-state index is 11.1. The number of thioether (sulfide) groups is 1. The molecule has 0 saturated carbocycles. The van der Waals surface area contributed by atoms with Crippen LogP contribution >= 0.6 is 27.7 Å². The quantitative estimate of drug-likeness (QED) is 0.292. The molecule has 0 atom stereocenters. The summed E-state index contributed by atoms with van der Waals surface area (Å²) in [5, 5.41) is 2.15. The molecule has 2 aromatic carbocycles. The van der Waals surface area contributed by atoms with Gasteiger partial charge in [0.2, 0.25) is 0 Å². The smallest absolute Gasteiger partial charge is 0.175 e. The van der Waals surface area contributed by atoms with Gasteiger partial charge in [-0.25, -0.2) is 0 Å². The summed E-state index contributed by atoms with van der Waals surface area (Å²) in [5.41, 5.74) is 3.35. The van der Waals surface area contributed by atoms with Gasteiger partial charge < -0.3 is 9.97 Å². The second-order valence-corrected chi connectivity index (χ2v) is 7.96. The van der Waals surface area contributed by atoms with E-state index >= 15 is 0 Å². The van der Waals surface area contributed by atoms with Crippen molar-refractivity contribution in [2.45, 2.75) is 18.7 Å². The normalized spacial score (nSPS) is 10.7. The molecule has 4 nitrogen and oxygen atoms in total. The van der Waals surface area contributed by atoms with Crippen LogP contribution < -0.4 is 0 Å². The van der Waals surface area contributed by atoms with E-state index in [0.717, 1.165) is 26.3 Å². The first kappa shape index (κ1) is 19.5. The van der Waals surface area contributed by atoms with E-state index in [1.54, 1.807) is 25.6 Å². The summed E-state index contributed by atoms with van der Waals surface area (Å²) in [5.74, 6) is 0.138. The number of nitrogens with one attached hydrogen (secondary N) is 2. The number of carbonyl (C=O) groups excluding carboxylic acids is 2. The summed E-state index contributed by atoms with van der Waals surface area (Å²) in [6.07, 6.45) is 2.04. The Morgan fingerprint density at radius 2 is 1.33 bits per heavy atom. The van der Waals surface area contributed by atoms with E-state index in [4.69, 9.17) is 0 Å². The van der Waals surface area contributed by atoms with E-state index in [9.17, 15) is 9.59 Å². The molecule has 0 aliphatic rings. The average molecular weight is 443 g/mol. The molecule has 2 heterocycles. The molecule has 4 rings (SSSR count). The molecule has 138 valence electrons. The van der Waals surface area contributed by atoms with Gasteiger partial charge in [0.1, 0.15) is 0 Å². The number of fused-ring (bicyclic) bond motifs is 2.